The molecule has 1 aromatic rings. The predicted octanol–water partition coefficient (Wildman–Crippen LogP) is 0.734. The normalized spacial score (nSPS) is 10.4. The molecule has 0 bridgehead atoms. The van der Waals surface area contributed by atoms with Gasteiger partial charge in [-0.25, -0.2) is 18.4 Å². The first-order valence-electron chi connectivity index (χ1n) is 3.82. The molecular formula is C7H12ClN3O2S. The molecule has 7 heteroatoms. The molecule has 0 aliphatic heterocycles. The lowest BCUT2D eigenvalue weighted by atomic mass is 10.7. The van der Waals surface area contributed by atoms with Crippen molar-refractivity contribution in [2.24, 2.45) is 0 Å². The van der Waals surface area contributed by atoms with Crippen LogP contribution in [-0.4, -0.2) is 31.2 Å². The summed E-state index contributed by atoms with van der Waals surface area (Å²) in [4.78, 5) is 7.78. The van der Waals surface area contributed by atoms with Crippen LogP contribution in [0.5, 0.6) is 0 Å². The molecule has 1 aromatic heterocycles. The van der Waals surface area contributed by atoms with Crippen molar-refractivity contribution in [2.75, 3.05) is 18.1 Å². The van der Waals surface area contributed by atoms with Gasteiger partial charge < -0.3 is 5.32 Å². The third-order valence-electron chi connectivity index (χ3n) is 1.59. The van der Waals surface area contributed by atoms with Gasteiger partial charge in [-0.15, -0.1) is 12.4 Å². The third kappa shape index (κ3) is 2.81. The van der Waals surface area contributed by atoms with Gasteiger partial charge in [0.2, 0.25) is 5.95 Å². The maximum atomic E-state index is 11.3. The summed E-state index contributed by atoms with van der Waals surface area (Å²) in [6, 6.07) is 0. The highest BCUT2D eigenvalue weighted by molar-refractivity contribution is 7.91. The number of nitrogens with zero attached hydrogens (tertiary/aromatic N) is 2. The van der Waals surface area contributed by atoms with Crippen LogP contribution >= 0.6 is 12.4 Å². The Labute approximate surface area is 89.3 Å². The molecule has 0 fully saturated rings. The number of hydrogen-bond acceptors (Lipinski definition) is 5. The van der Waals surface area contributed by atoms with Gasteiger partial charge in [0, 0.05) is 7.05 Å². The zero-order valence-corrected chi connectivity index (χ0v) is 9.52. The monoisotopic (exact) mass is 237 g/mol. The predicted molar refractivity (Wildman–Crippen MR) is 56.6 cm³/mol. The van der Waals surface area contributed by atoms with Crippen LogP contribution in [0.2, 0.25) is 0 Å². The molecule has 80 valence electrons. The van der Waals surface area contributed by atoms with Crippen LogP contribution in [0.4, 0.5) is 5.95 Å². The fourth-order valence-corrected chi connectivity index (χ4v) is 1.53. The van der Waals surface area contributed by atoms with Crippen molar-refractivity contribution in [1.82, 2.24) is 9.97 Å². The van der Waals surface area contributed by atoms with E-state index in [1.54, 1.807) is 14.0 Å². The second kappa shape index (κ2) is 5.11. The molecule has 0 aromatic carbocycles. The van der Waals surface area contributed by atoms with E-state index in [4.69, 9.17) is 0 Å². The van der Waals surface area contributed by atoms with Crippen LogP contribution in [0, 0.1) is 0 Å². The van der Waals surface area contributed by atoms with Crippen molar-refractivity contribution >= 4 is 28.2 Å². The summed E-state index contributed by atoms with van der Waals surface area (Å²) < 4.78 is 22.6. The summed E-state index contributed by atoms with van der Waals surface area (Å²) in [5.41, 5.74) is 0. The first kappa shape index (κ1) is 13.1. The van der Waals surface area contributed by atoms with Crippen LogP contribution in [0.25, 0.3) is 0 Å². The molecule has 14 heavy (non-hydrogen) atoms. The van der Waals surface area contributed by atoms with E-state index in [1.165, 1.54) is 12.4 Å². The molecule has 0 amide bonds. The van der Waals surface area contributed by atoms with Gasteiger partial charge in [-0.2, -0.15) is 0 Å². The minimum atomic E-state index is -3.18. The minimum Gasteiger partial charge on any atom is -0.357 e. The summed E-state index contributed by atoms with van der Waals surface area (Å²) in [5.74, 6) is 0.477. The molecule has 1 heterocycles. The van der Waals surface area contributed by atoms with E-state index in [0.29, 0.717) is 5.95 Å². The highest BCUT2D eigenvalue weighted by Crippen LogP contribution is 2.08. The van der Waals surface area contributed by atoms with Crippen LogP contribution in [0.1, 0.15) is 6.92 Å². The van der Waals surface area contributed by atoms with Crippen molar-refractivity contribution in [3.63, 3.8) is 0 Å². The zero-order valence-electron chi connectivity index (χ0n) is 7.89. The molecule has 0 saturated carbocycles. The Balaban J connectivity index is 0.00000169. The molecule has 0 radical (unpaired) electrons. The van der Waals surface area contributed by atoms with Gasteiger partial charge in [0.15, 0.2) is 9.84 Å². The van der Waals surface area contributed by atoms with Crippen molar-refractivity contribution in [1.29, 1.82) is 0 Å². The zero-order chi connectivity index (χ0) is 9.90. The summed E-state index contributed by atoms with van der Waals surface area (Å²) >= 11 is 0. The van der Waals surface area contributed by atoms with Gasteiger partial charge in [0.05, 0.1) is 18.1 Å². The lowest BCUT2D eigenvalue weighted by Gasteiger charge is -2.00. The SMILES string of the molecule is CCS(=O)(=O)c1cnc(NC)nc1.Cl. The topological polar surface area (TPSA) is 72.0 Å². The number of nitrogens with one attached hydrogen (secondary N) is 1. The molecular weight excluding hydrogens is 226 g/mol. The summed E-state index contributed by atoms with van der Waals surface area (Å²) in [5, 5.41) is 2.71. The lowest BCUT2D eigenvalue weighted by molar-refractivity contribution is 0.596. The fraction of sp³-hybridized carbons (Fsp3) is 0.429. The summed E-state index contributed by atoms with van der Waals surface area (Å²) in [6.45, 7) is 1.58. The van der Waals surface area contributed by atoms with Crippen LogP contribution in [-0.2, 0) is 9.84 Å². The Morgan fingerprint density at radius 3 is 2.21 bits per heavy atom. The number of hydrogen-bond donors (Lipinski definition) is 1. The van der Waals surface area contributed by atoms with Crippen LogP contribution in [0.15, 0.2) is 17.3 Å². The van der Waals surface area contributed by atoms with E-state index in [-0.39, 0.29) is 23.1 Å². The number of sulfone groups is 1. The molecule has 1 N–H and O–H groups in total. The summed E-state index contributed by atoms with van der Waals surface area (Å²) in [6.07, 6.45) is 2.61. The van der Waals surface area contributed by atoms with E-state index in [0.717, 1.165) is 0 Å². The number of rotatable bonds is 3. The smallest absolute Gasteiger partial charge is 0.222 e. The van der Waals surface area contributed by atoms with Crippen molar-refractivity contribution in [3.8, 4) is 0 Å². The lowest BCUT2D eigenvalue weighted by Crippen LogP contribution is -2.06. The fourth-order valence-electron chi connectivity index (χ4n) is 0.773. The van der Waals surface area contributed by atoms with E-state index in [1.807, 2.05) is 0 Å². The Morgan fingerprint density at radius 2 is 1.86 bits per heavy atom. The number of anilines is 1. The Morgan fingerprint density at radius 1 is 1.36 bits per heavy atom. The molecule has 0 atom stereocenters. The molecule has 0 saturated heterocycles. The van der Waals surface area contributed by atoms with E-state index >= 15 is 0 Å². The van der Waals surface area contributed by atoms with Gasteiger partial charge in [0.25, 0.3) is 0 Å². The average molecular weight is 238 g/mol. The van der Waals surface area contributed by atoms with Crippen molar-refractivity contribution in [2.45, 2.75) is 11.8 Å². The highest BCUT2D eigenvalue weighted by atomic mass is 35.5. The van der Waals surface area contributed by atoms with Gasteiger partial charge in [0.1, 0.15) is 4.90 Å². The largest absolute Gasteiger partial charge is 0.357 e. The Hall–Kier alpha value is -0.880. The van der Waals surface area contributed by atoms with Crippen LogP contribution < -0.4 is 5.32 Å². The van der Waals surface area contributed by atoms with Crippen LogP contribution in [0.3, 0.4) is 0 Å². The standard InChI is InChI=1S/C7H11N3O2S.ClH/c1-3-13(11,12)6-4-9-7(8-2)10-5-6;/h4-5H,3H2,1-2H3,(H,8,9,10);1H. The quantitative estimate of drug-likeness (QED) is 0.839. The maximum absolute atomic E-state index is 11.3. The average Bonchev–Trinajstić information content (AvgIpc) is 2.18. The molecule has 1 rings (SSSR count). The second-order valence-electron chi connectivity index (χ2n) is 2.40. The third-order valence-corrected chi connectivity index (χ3v) is 3.28. The molecule has 5 nitrogen and oxygen atoms in total. The molecule has 0 aliphatic carbocycles. The van der Waals surface area contributed by atoms with E-state index in [9.17, 15) is 8.42 Å². The van der Waals surface area contributed by atoms with Gasteiger partial charge in [-0.05, 0) is 0 Å². The molecule has 0 unspecified atom stereocenters. The highest BCUT2D eigenvalue weighted by Gasteiger charge is 2.11. The first-order valence-corrected chi connectivity index (χ1v) is 5.48. The maximum Gasteiger partial charge on any atom is 0.222 e. The summed E-state index contributed by atoms with van der Waals surface area (Å²) in [7, 11) is -1.51. The molecule has 0 aliphatic rings. The first-order chi connectivity index (χ1) is 6.10. The Bertz CT molecular complexity index is 376. The van der Waals surface area contributed by atoms with E-state index < -0.39 is 9.84 Å². The number of aromatic nitrogens is 2. The van der Waals surface area contributed by atoms with Crippen molar-refractivity contribution in [3.05, 3.63) is 12.4 Å². The Kier molecular flexibility index (Phi) is 4.79. The molecule has 0 spiro atoms. The minimum absolute atomic E-state index is 0. The number of halogens is 1. The van der Waals surface area contributed by atoms with Gasteiger partial charge in [-0.3, -0.25) is 0 Å². The van der Waals surface area contributed by atoms with Gasteiger partial charge in [-0.1, -0.05) is 6.92 Å². The van der Waals surface area contributed by atoms with Gasteiger partial charge >= 0.3 is 0 Å². The van der Waals surface area contributed by atoms with E-state index in [2.05, 4.69) is 15.3 Å². The second-order valence-corrected chi connectivity index (χ2v) is 4.67. The van der Waals surface area contributed by atoms with Crippen molar-refractivity contribution < 1.29 is 8.42 Å².